The van der Waals surface area contributed by atoms with Crippen molar-refractivity contribution in [3.63, 3.8) is 0 Å². The van der Waals surface area contributed by atoms with Gasteiger partial charge in [0.25, 0.3) is 0 Å². The number of carbonyl (C=O) groups excluding carboxylic acids is 1. The van der Waals surface area contributed by atoms with E-state index >= 15 is 0 Å². The van der Waals surface area contributed by atoms with Crippen LogP contribution in [-0.4, -0.2) is 24.5 Å². The van der Waals surface area contributed by atoms with E-state index in [2.05, 4.69) is 16.3 Å². The molecule has 21 heavy (non-hydrogen) atoms. The highest BCUT2D eigenvalue weighted by Crippen LogP contribution is 2.33. The highest BCUT2D eigenvalue weighted by Gasteiger charge is 2.32. The number of nitrogen functional groups attached to an aromatic ring is 1. The number of para-hydroxylation sites is 1. The molecule has 0 spiro atoms. The van der Waals surface area contributed by atoms with Crippen molar-refractivity contribution in [1.29, 1.82) is 0 Å². The van der Waals surface area contributed by atoms with Gasteiger partial charge in [-0.1, -0.05) is 18.2 Å². The molecule has 4 nitrogen and oxygen atoms in total. The second-order valence-corrected chi connectivity index (χ2v) is 6.14. The van der Waals surface area contributed by atoms with E-state index < -0.39 is 6.04 Å². The second kappa shape index (κ2) is 5.87. The molecule has 0 saturated heterocycles. The number of carbonyl (C=O) groups is 1. The average molecular weight is 302 g/mol. The monoisotopic (exact) mass is 302 g/mol. The summed E-state index contributed by atoms with van der Waals surface area (Å²) in [7, 11) is 1.43. The molecule has 0 radical (unpaired) electrons. The minimum Gasteiger partial charge on any atom is -0.468 e. The normalized spacial score (nSPS) is 16.2. The van der Waals surface area contributed by atoms with Crippen LogP contribution in [0.2, 0.25) is 0 Å². The van der Waals surface area contributed by atoms with E-state index in [9.17, 15) is 4.79 Å². The Balaban J connectivity index is 1.94. The van der Waals surface area contributed by atoms with Gasteiger partial charge in [0.15, 0.2) is 0 Å². The third kappa shape index (κ3) is 2.66. The lowest BCUT2D eigenvalue weighted by molar-refractivity contribution is -0.147. The predicted octanol–water partition coefficient (Wildman–Crippen LogP) is 2.60. The second-order valence-electron chi connectivity index (χ2n) is 5.14. The first kappa shape index (κ1) is 14.1. The molecule has 2 N–H and O–H groups in total. The van der Waals surface area contributed by atoms with Gasteiger partial charge in [-0.05, 0) is 29.5 Å². The molecule has 0 fully saturated rings. The number of benzene rings is 1. The van der Waals surface area contributed by atoms with Crippen molar-refractivity contribution < 1.29 is 9.53 Å². The molecule has 1 atom stereocenters. The van der Waals surface area contributed by atoms with Crippen LogP contribution in [0.5, 0.6) is 0 Å². The van der Waals surface area contributed by atoms with Gasteiger partial charge in [-0.25, -0.2) is 4.79 Å². The van der Waals surface area contributed by atoms with Crippen LogP contribution in [0.15, 0.2) is 35.7 Å². The summed E-state index contributed by atoms with van der Waals surface area (Å²) >= 11 is 1.74. The number of methoxy groups -OCH3 is 1. The predicted molar refractivity (Wildman–Crippen MR) is 84.0 cm³/mol. The molecule has 2 aromatic rings. The van der Waals surface area contributed by atoms with Gasteiger partial charge in [-0.15, -0.1) is 11.3 Å². The fourth-order valence-electron chi connectivity index (χ4n) is 2.82. The Morgan fingerprint density at radius 1 is 1.38 bits per heavy atom. The Kier molecular flexibility index (Phi) is 3.94. The maximum Gasteiger partial charge on any atom is 0.327 e. The van der Waals surface area contributed by atoms with Gasteiger partial charge in [0.1, 0.15) is 6.04 Å². The van der Waals surface area contributed by atoms with Crippen molar-refractivity contribution in [2.45, 2.75) is 19.0 Å². The Hall–Kier alpha value is -1.85. The van der Waals surface area contributed by atoms with Crippen LogP contribution in [0.1, 0.15) is 22.0 Å². The van der Waals surface area contributed by atoms with Crippen LogP contribution in [-0.2, 0) is 22.5 Å². The lowest BCUT2D eigenvalue weighted by Gasteiger charge is -2.33. The number of anilines is 1. The van der Waals surface area contributed by atoms with E-state index in [1.165, 1.54) is 17.6 Å². The van der Waals surface area contributed by atoms with Crippen LogP contribution in [0.4, 0.5) is 5.69 Å². The van der Waals surface area contributed by atoms with Crippen molar-refractivity contribution in [2.75, 3.05) is 19.4 Å². The molecule has 5 heteroatoms. The molecule has 1 aliphatic heterocycles. The zero-order chi connectivity index (χ0) is 14.8. The van der Waals surface area contributed by atoms with Crippen molar-refractivity contribution in [3.05, 3.63) is 51.7 Å². The SMILES string of the molecule is COC(=O)C(c1ccccc1N)N1CCc2ccsc2C1. The van der Waals surface area contributed by atoms with Crippen LogP contribution >= 0.6 is 11.3 Å². The molecule has 1 aromatic heterocycles. The molecule has 0 bridgehead atoms. The summed E-state index contributed by atoms with van der Waals surface area (Å²) in [6.45, 7) is 1.60. The number of nitrogens with zero attached hydrogens (tertiary/aromatic N) is 1. The van der Waals surface area contributed by atoms with Crippen LogP contribution < -0.4 is 5.73 Å². The Bertz CT molecular complexity index is 653. The highest BCUT2D eigenvalue weighted by molar-refractivity contribution is 7.10. The van der Waals surface area contributed by atoms with Gasteiger partial charge in [-0.3, -0.25) is 4.90 Å². The molecule has 1 unspecified atom stereocenters. The van der Waals surface area contributed by atoms with Crippen molar-refractivity contribution in [2.24, 2.45) is 0 Å². The first-order valence-corrected chi connectivity index (χ1v) is 7.80. The lowest BCUT2D eigenvalue weighted by Crippen LogP contribution is -2.38. The third-order valence-electron chi connectivity index (χ3n) is 3.93. The van der Waals surface area contributed by atoms with Crippen LogP contribution in [0.25, 0.3) is 0 Å². The molecule has 0 amide bonds. The van der Waals surface area contributed by atoms with Crippen molar-refractivity contribution in [3.8, 4) is 0 Å². The maximum atomic E-state index is 12.3. The van der Waals surface area contributed by atoms with Crippen LogP contribution in [0.3, 0.4) is 0 Å². The largest absolute Gasteiger partial charge is 0.468 e. The smallest absolute Gasteiger partial charge is 0.327 e. The number of esters is 1. The summed E-state index contributed by atoms with van der Waals surface area (Å²) in [6.07, 6.45) is 0.957. The first-order chi connectivity index (χ1) is 10.2. The topological polar surface area (TPSA) is 55.6 Å². The maximum absolute atomic E-state index is 12.3. The minimum absolute atomic E-state index is 0.257. The number of nitrogens with two attached hydrogens (primary N) is 1. The first-order valence-electron chi connectivity index (χ1n) is 6.92. The van der Waals surface area contributed by atoms with E-state index in [0.717, 1.165) is 25.1 Å². The van der Waals surface area contributed by atoms with Gasteiger partial charge in [-0.2, -0.15) is 0 Å². The third-order valence-corrected chi connectivity index (χ3v) is 4.88. The fraction of sp³-hybridized carbons (Fsp3) is 0.312. The lowest BCUT2D eigenvalue weighted by atomic mass is 10.00. The molecule has 0 saturated carbocycles. The average Bonchev–Trinajstić information content (AvgIpc) is 2.97. The number of fused-ring (bicyclic) bond motifs is 1. The molecule has 0 aliphatic carbocycles. The summed E-state index contributed by atoms with van der Waals surface area (Å²) in [5.41, 5.74) is 8.91. The summed E-state index contributed by atoms with van der Waals surface area (Å²) in [6, 6.07) is 9.24. The van der Waals surface area contributed by atoms with Gasteiger partial charge >= 0.3 is 5.97 Å². The van der Waals surface area contributed by atoms with E-state index in [-0.39, 0.29) is 5.97 Å². The Labute approximate surface area is 128 Å². The fourth-order valence-corrected chi connectivity index (χ4v) is 3.78. The number of rotatable bonds is 3. The summed E-state index contributed by atoms with van der Waals surface area (Å²) < 4.78 is 5.01. The minimum atomic E-state index is -0.438. The summed E-state index contributed by atoms with van der Waals surface area (Å²) in [5.74, 6) is -0.257. The van der Waals surface area contributed by atoms with Gasteiger partial charge in [0.05, 0.1) is 7.11 Å². The quantitative estimate of drug-likeness (QED) is 0.699. The van der Waals surface area contributed by atoms with E-state index in [1.54, 1.807) is 11.3 Å². The zero-order valence-corrected chi connectivity index (χ0v) is 12.7. The van der Waals surface area contributed by atoms with Gasteiger partial charge in [0, 0.05) is 29.2 Å². The number of hydrogen-bond acceptors (Lipinski definition) is 5. The Morgan fingerprint density at radius 2 is 2.19 bits per heavy atom. The van der Waals surface area contributed by atoms with E-state index in [4.69, 9.17) is 10.5 Å². The summed E-state index contributed by atoms with van der Waals surface area (Å²) in [4.78, 5) is 15.8. The van der Waals surface area contributed by atoms with E-state index in [1.807, 2.05) is 24.3 Å². The summed E-state index contributed by atoms with van der Waals surface area (Å²) in [5, 5.41) is 2.11. The zero-order valence-electron chi connectivity index (χ0n) is 11.9. The standard InChI is InChI=1S/C16H18N2O2S/c1-20-16(19)15(12-4-2-3-5-13(12)17)18-8-6-11-7-9-21-14(11)10-18/h2-5,7,9,15H,6,8,10,17H2,1H3. The molecule has 1 aromatic carbocycles. The molecule has 2 heterocycles. The molecule has 3 rings (SSSR count). The molecule has 110 valence electrons. The molecular weight excluding hydrogens is 284 g/mol. The van der Waals surface area contributed by atoms with Gasteiger partial charge < -0.3 is 10.5 Å². The Morgan fingerprint density at radius 3 is 2.95 bits per heavy atom. The number of thiophene rings is 1. The van der Waals surface area contributed by atoms with Gasteiger partial charge in [0.2, 0.25) is 0 Å². The molecular formula is C16H18N2O2S. The van der Waals surface area contributed by atoms with Crippen LogP contribution in [0, 0.1) is 0 Å². The number of ether oxygens (including phenoxy) is 1. The van der Waals surface area contributed by atoms with E-state index in [0.29, 0.717) is 5.69 Å². The van der Waals surface area contributed by atoms with Crippen molar-refractivity contribution in [1.82, 2.24) is 4.90 Å². The number of hydrogen-bond donors (Lipinski definition) is 1. The highest BCUT2D eigenvalue weighted by atomic mass is 32.1. The van der Waals surface area contributed by atoms with Crippen molar-refractivity contribution >= 4 is 23.0 Å². The molecule has 1 aliphatic rings.